The van der Waals surface area contributed by atoms with Gasteiger partial charge in [-0.3, -0.25) is 10.1 Å². The predicted molar refractivity (Wildman–Crippen MR) is 75.0 cm³/mol. The van der Waals surface area contributed by atoms with Crippen LogP contribution in [0.5, 0.6) is 11.5 Å². The Morgan fingerprint density at radius 1 is 1.15 bits per heavy atom. The molecule has 104 valence electrons. The van der Waals surface area contributed by atoms with Crippen molar-refractivity contribution in [2.75, 3.05) is 0 Å². The fraction of sp³-hybridized carbons (Fsp3) is 0.200. The molecule has 0 fully saturated rings. The summed E-state index contributed by atoms with van der Waals surface area (Å²) in [7, 11) is 0. The number of rotatable bonds is 4. The smallest absolute Gasteiger partial charge is 0.314 e. The van der Waals surface area contributed by atoms with Gasteiger partial charge >= 0.3 is 5.69 Å². The van der Waals surface area contributed by atoms with Gasteiger partial charge in [0.05, 0.1) is 11.0 Å². The molecule has 0 amide bonds. The fourth-order valence-corrected chi connectivity index (χ4v) is 1.99. The molecule has 0 aromatic heterocycles. The summed E-state index contributed by atoms with van der Waals surface area (Å²) in [5.41, 5.74) is 1.05. The minimum absolute atomic E-state index is 0.0621. The van der Waals surface area contributed by atoms with Crippen molar-refractivity contribution in [2.45, 2.75) is 20.0 Å². The van der Waals surface area contributed by atoms with Crippen molar-refractivity contribution in [1.82, 2.24) is 0 Å². The van der Waals surface area contributed by atoms with Gasteiger partial charge in [-0.15, -0.1) is 0 Å². The molecule has 1 atom stereocenters. The molecule has 0 aliphatic carbocycles. The van der Waals surface area contributed by atoms with Gasteiger partial charge in [0.25, 0.3) is 0 Å². The number of hydrogen-bond acceptors (Lipinski definition) is 4. The van der Waals surface area contributed by atoms with E-state index in [2.05, 4.69) is 0 Å². The Kier molecular flexibility index (Phi) is 4.00. The van der Waals surface area contributed by atoms with E-state index < -0.39 is 11.0 Å². The Morgan fingerprint density at radius 2 is 1.80 bits per heavy atom. The zero-order chi connectivity index (χ0) is 14.7. The number of nitro benzene ring substituents is 1. The minimum atomic E-state index is -0.713. The molecule has 2 rings (SSSR count). The van der Waals surface area contributed by atoms with Gasteiger partial charge in [0.2, 0.25) is 5.75 Å². The van der Waals surface area contributed by atoms with Crippen LogP contribution >= 0.6 is 0 Å². The Labute approximate surface area is 116 Å². The quantitative estimate of drug-likeness (QED) is 0.680. The van der Waals surface area contributed by atoms with Crippen LogP contribution in [0.2, 0.25) is 0 Å². The highest BCUT2D eigenvalue weighted by Crippen LogP contribution is 2.36. The molecule has 2 aromatic rings. The van der Waals surface area contributed by atoms with Crippen molar-refractivity contribution in [3.8, 4) is 11.5 Å². The Balaban J connectivity index is 2.46. The molecule has 0 heterocycles. The second kappa shape index (κ2) is 5.71. The Morgan fingerprint density at radius 3 is 2.45 bits per heavy atom. The maximum absolute atomic E-state index is 11.1. The summed E-state index contributed by atoms with van der Waals surface area (Å²) in [5.74, 6) is 0.583. The zero-order valence-electron chi connectivity index (χ0n) is 11.2. The number of aliphatic hydroxyl groups is 1. The van der Waals surface area contributed by atoms with Crippen molar-refractivity contribution >= 4 is 5.69 Å². The molecule has 1 N–H and O–H groups in total. The predicted octanol–water partition coefficient (Wildman–Crippen LogP) is 3.75. The molecule has 0 radical (unpaired) electrons. The highest BCUT2D eigenvalue weighted by Gasteiger charge is 2.20. The van der Waals surface area contributed by atoms with Crippen LogP contribution < -0.4 is 4.74 Å². The SMILES string of the molecule is Cc1cccc(Oc2ccccc2C(C)O)c1[N+](=O)[O-]. The molecule has 2 aromatic carbocycles. The fourth-order valence-electron chi connectivity index (χ4n) is 1.99. The number of para-hydroxylation sites is 2. The monoisotopic (exact) mass is 273 g/mol. The van der Waals surface area contributed by atoms with Gasteiger partial charge in [0, 0.05) is 11.1 Å². The van der Waals surface area contributed by atoms with Crippen LogP contribution in [0.3, 0.4) is 0 Å². The first kappa shape index (κ1) is 14.0. The number of aliphatic hydroxyl groups excluding tert-OH is 1. The second-order valence-corrected chi connectivity index (χ2v) is 4.49. The molecule has 1 unspecified atom stereocenters. The van der Waals surface area contributed by atoms with Gasteiger partial charge in [-0.2, -0.15) is 0 Å². The minimum Gasteiger partial charge on any atom is -0.450 e. The Bertz CT molecular complexity index is 638. The van der Waals surface area contributed by atoms with Gasteiger partial charge in [-0.1, -0.05) is 30.3 Å². The number of aryl methyl sites for hydroxylation is 1. The largest absolute Gasteiger partial charge is 0.450 e. The lowest BCUT2D eigenvalue weighted by Crippen LogP contribution is -1.99. The first-order valence-corrected chi connectivity index (χ1v) is 6.19. The highest BCUT2D eigenvalue weighted by atomic mass is 16.6. The number of ether oxygens (including phenoxy) is 1. The van der Waals surface area contributed by atoms with Gasteiger partial charge in [-0.25, -0.2) is 0 Å². The summed E-state index contributed by atoms with van der Waals surface area (Å²) in [4.78, 5) is 10.7. The summed E-state index contributed by atoms with van der Waals surface area (Å²) in [6, 6.07) is 11.8. The molecule has 0 saturated heterocycles. The van der Waals surface area contributed by atoms with Crippen molar-refractivity contribution < 1.29 is 14.8 Å². The van der Waals surface area contributed by atoms with Crippen LogP contribution in [0.1, 0.15) is 24.2 Å². The van der Waals surface area contributed by atoms with Gasteiger partial charge < -0.3 is 9.84 Å². The number of nitro groups is 1. The third-order valence-corrected chi connectivity index (χ3v) is 2.97. The van der Waals surface area contributed by atoms with E-state index >= 15 is 0 Å². The molecule has 0 spiro atoms. The molecule has 5 nitrogen and oxygen atoms in total. The van der Waals surface area contributed by atoms with Crippen LogP contribution in [0.25, 0.3) is 0 Å². The summed E-state index contributed by atoms with van der Waals surface area (Å²) in [5, 5.41) is 20.8. The molecule has 0 saturated carbocycles. The lowest BCUT2D eigenvalue weighted by atomic mass is 10.1. The third-order valence-electron chi connectivity index (χ3n) is 2.97. The number of hydrogen-bond donors (Lipinski definition) is 1. The normalized spacial score (nSPS) is 11.9. The summed E-state index contributed by atoms with van der Waals surface area (Å²) >= 11 is 0. The van der Waals surface area contributed by atoms with E-state index in [0.717, 1.165) is 0 Å². The standard InChI is InChI=1S/C15H15NO4/c1-10-6-5-9-14(15(10)16(18)19)20-13-8-4-3-7-12(13)11(2)17/h3-9,11,17H,1-2H3. The first-order valence-electron chi connectivity index (χ1n) is 6.19. The van der Waals surface area contributed by atoms with Crippen LogP contribution in [0, 0.1) is 17.0 Å². The van der Waals surface area contributed by atoms with E-state index in [1.807, 2.05) is 0 Å². The number of nitrogens with zero attached hydrogens (tertiary/aromatic N) is 1. The van der Waals surface area contributed by atoms with Crippen LogP contribution in [0.4, 0.5) is 5.69 Å². The zero-order valence-corrected chi connectivity index (χ0v) is 11.2. The van der Waals surface area contributed by atoms with Crippen molar-refractivity contribution in [1.29, 1.82) is 0 Å². The molecule has 0 bridgehead atoms. The average Bonchev–Trinajstić information content (AvgIpc) is 2.38. The van der Waals surface area contributed by atoms with E-state index in [0.29, 0.717) is 16.9 Å². The third kappa shape index (κ3) is 2.78. The van der Waals surface area contributed by atoms with Crippen molar-refractivity contribution in [3.05, 3.63) is 63.7 Å². The van der Waals surface area contributed by atoms with Crippen LogP contribution in [-0.2, 0) is 0 Å². The molecular weight excluding hydrogens is 258 g/mol. The summed E-state index contributed by atoms with van der Waals surface area (Å²) in [6.07, 6.45) is -0.713. The molecule has 20 heavy (non-hydrogen) atoms. The van der Waals surface area contributed by atoms with E-state index in [1.165, 1.54) is 0 Å². The average molecular weight is 273 g/mol. The van der Waals surface area contributed by atoms with Crippen LogP contribution in [-0.4, -0.2) is 10.0 Å². The molecule has 0 aliphatic heterocycles. The molecular formula is C15H15NO4. The van der Waals surface area contributed by atoms with E-state index in [4.69, 9.17) is 4.74 Å². The van der Waals surface area contributed by atoms with E-state index in [1.54, 1.807) is 56.3 Å². The van der Waals surface area contributed by atoms with Crippen molar-refractivity contribution in [2.24, 2.45) is 0 Å². The molecule has 0 aliphatic rings. The van der Waals surface area contributed by atoms with Gasteiger partial charge in [0.1, 0.15) is 5.75 Å². The lowest BCUT2D eigenvalue weighted by Gasteiger charge is -2.13. The van der Waals surface area contributed by atoms with E-state index in [9.17, 15) is 15.2 Å². The van der Waals surface area contributed by atoms with Gasteiger partial charge in [-0.05, 0) is 26.0 Å². The summed E-state index contributed by atoms with van der Waals surface area (Å²) in [6.45, 7) is 3.28. The number of benzene rings is 2. The maximum Gasteiger partial charge on any atom is 0.314 e. The highest BCUT2D eigenvalue weighted by molar-refractivity contribution is 5.54. The van der Waals surface area contributed by atoms with E-state index in [-0.39, 0.29) is 11.4 Å². The second-order valence-electron chi connectivity index (χ2n) is 4.49. The lowest BCUT2D eigenvalue weighted by molar-refractivity contribution is -0.386. The maximum atomic E-state index is 11.1. The first-order chi connectivity index (χ1) is 9.50. The Hall–Kier alpha value is -2.40. The van der Waals surface area contributed by atoms with Crippen LogP contribution in [0.15, 0.2) is 42.5 Å². The van der Waals surface area contributed by atoms with Crippen molar-refractivity contribution in [3.63, 3.8) is 0 Å². The topological polar surface area (TPSA) is 72.6 Å². The van der Waals surface area contributed by atoms with Gasteiger partial charge in [0.15, 0.2) is 0 Å². The molecule has 5 heteroatoms. The summed E-state index contributed by atoms with van der Waals surface area (Å²) < 4.78 is 5.64.